The molecule has 1 rings (SSSR count). The Morgan fingerprint density at radius 1 is 1.14 bits per heavy atom. The molecule has 0 bridgehead atoms. The lowest BCUT2D eigenvalue weighted by atomic mass is 9.90. The summed E-state index contributed by atoms with van der Waals surface area (Å²) >= 11 is 0. The molecule has 0 aliphatic heterocycles. The number of benzene rings is 1. The molecule has 2 amide bonds. The Kier molecular flexibility index (Phi) is 5.53. The average Bonchev–Trinajstić information content (AvgIpc) is 2.42. The van der Waals surface area contributed by atoms with Crippen LogP contribution in [0.5, 0.6) is 0 Å². The van der Waals surface area contributed by atoms with Gasteiger partial charge in [0, 0.05) is 11.7 Å². The van der Waals surface area contributed by atoms with Crippen LogP contribution in [0.25, 0.3) is 0 Å². The molecular weight excluding hydrogens is 264 g/mol. The van der Waals surface area contributed by atoms with Crippen LogP contribution in [0, 0.1) is 19.3 Å². The molecule has 1 atom stereocenters. The van der Waals surface area contributed by atoms with Crippen LogP contribution in [0.1, 0.15) is 45.2 Å². The van der Waals surface area contributed by atoms with Crippen molar-refractivity contribution in [2.75, 3.05) is 5.32 Å². The summed E-state index contributed by atoms with van der Waals surface area (Å²) in [5.74, 6) is -0.540. The van der Waals surface area contributed by atoms with E-state index in [4.69, 9.17) is 0 Å². The van der Waals surface area contributed by atoms with Gasteiger partial charge in [-0.3, -0.25) is 9.59 Å². The largest absolute Gasteiger partial charge is 0.353 e. The first-order valence-corrected chi connectivity index (χ1v) is 7.38. The average molecular weight is 290 g/mol. The Morgan fingerprint density at radius 2 is 1.67 bits per heavy atom. The Morgan fingerprint density at radius 3 is 2.14 bits per heavy atom. The quantitative estimate of drug-likeness (QED) is 0.818. The van der Waals surface area contributed by atoms with Crippen LogP contribution in [0.2, 0.25) is 0 Å². The van der Waals surface area contributed by atoms with Gasteiger partial charge in [0.15, 0.2) is 0 Å². The first-order valence-electron chi connectivity index (χ1n) is 7.38. The number of aryl methyl sites for hydroxylation is 2. The smallest absolute Gasteiger partial charge is 0.239 e. The van der Waals surface area contributed by atoms with E-state index in [-0.39, 0.29) is 17.9 Å². The molecule has 1 aromatic carbocycles. The number of anilines is 1. The third kappa shape index (κ3) is 4.06. The lowest BCUT2D eigenvalue weighted by Gasteiger charge is -2.25. The van der Waals surface area contributed by atoms with E-state index < -0.39 is 5.41 Å². The third-order valence-electron chi connectivity index (χ3n) is 3.84. The highest BCUT2D eigenvalue weighted by Crippen LogP contribution is 2.24. The van der Waals surface area contributed by atoms with Crippen molar-refractivity contribution in [1.29, 1.82) is 0 Å². The number of carbonyl (C=O) groups excluding carboxylic acids is 2. The van der Waals surface area contributed by atoms with Crippen molar-refractivity contribution in [3.8, 4) is 0 Å². The molecule has 4 nitrogen and oxygen atoms in total. The Bertz CT molecular complexity index is 515. The Balaban J connectivity index is 2.89. The second-order valence-electron chi connectivity index (χ2n) is 6.13. The topological polar surface area (TPSA) is 58.2 Å². The van der Waals surface area contributed by atoms with E-state index in [0.29, 0.717) is 0 Å². The fourth-order valence-corrected chi connectivity index (χ4v) is 1.89. The van der Waals surface area contributed by atoms with Crippen LogP contribution in [-0.4, -0.2) is 17.9 Å². The number of hydrogen-bond acceptors (Lipinski definition) is 2. The van der Waals surface area contributed by atoms with Crippen LogP contribution in [0.4, 0.5) is 5.69 Å². The first kappa shape index (κ1) is 17.2. The molecule has 0 radical (unpaired) electrons. The number of carbonyl (C=O) groups is 2. The molecule has 0 aliphatic rings. The van der Waals surface area contributed by atoms with Gasteiger partial charge in [0.25, 0.3) is 0 Å². The van der Waals surface area contributed by atoms with E-state index in [1.165, 1.54) is 0 Å². The van der Waals surface area contributed by atoms with Crippen molar-refractivity contribution in [3.63, 3.8) is 0 Å². The number of rotatable bonds is 5. The molecule has 2 N–H and O–H groups in total. The molecule has 0 saturated carbocycles. The van der Waals surface area contributed by atoms with Crippen molar-refractivity contribution in [1.82, 2.24) is 5.32 Å². The van der Waals surface area contributed by atoms with E-state index in [2.05, 4.69) is 10.6 Å². The Hall–Kier alpha value is -1.84. The summed E-state index contributed by atoms with van der Waals surface area (Å²) in [6, 6.07) is 5.88. The minimum Gasteiger partial charge on any atom is -0.353 e. The van der Waals surface area contributed by atoms with Crippen molar-refractivity contribution in [2.24, 2.45) is 5.41 Å². The summed E-state index contributed by atoms with van der Waals surface area (Å²) in [6.45, 7) is 11.1. The minimum atomic E-state index is -1.11. The van der Waals surface area contributed by atoms with Crippen LogP contribution in [-0.2, 0) is 9.59 Å². The number of hydrogen-bond donors (Lipinski definition) is 2. The summed E-state index contributed by atoms with van der Waals surface area (Å²) in [4.78, 5) is 24.7. The SMILES string of the molecule is CCC(C)NC(=O)C(C)(C)C(=O)Nc1c(C)cccc1C. The number of para-hydroxylation sites is 1. The summed E-state index contributed by atoms with van der Waals surface area (Å²) < 4.78 is 0. The summed E-state index contributed by atoms with van der Waals surface area (Å²) in [5.41, 5.74) is 1.65. The molecule has 0 heterocycles. The van der Waals surface area contributed by atoms with Gasteiger partial charge in [-0.05, 0) is 52.2 Å². The zero-order valence-corrected chi connectivity index (χ0v) is 13.8. The molecule has 0 fully saturated rings. The van der Waals surface area contributed by atoms with Crippen molar-refractivity contribution >= 4 is 17.5 Å². The monoisotopic (exact) mass is 290 g/mol. The van der Waals surface area contributed by atoms with Gasteiger partial charge in [-0.25, -0.2) is 0 Å². The summed E-state index contributed by atoms with van der Waals surface area (Å²) in [7, 11) is 0. The zero-order chi connectivity index (χ0) is 16.2. The molecule has 116 valence electrons. The molecule has 1 unspecified atom stereocenters. The van der Waals surface area contributed by atoms with Gasteiger partial charge in [0.1, 0.15) is 5.41 Å². The minimum absolute atomic E-state index is 0.0600. The van der Waals surface area contributed by atoms with Crippen LogP contribution in [0.15, 0.2) is 18.2 Å². The molecule has 0 spiro atoms. The lowest BCUT2D eigenvalue weighted by Crippen LogP contribution is -2.47. The molecular formula is C17H26N2O2. The third-order valence-corrected chi connectivity index (χ3v) is 3.84. The highest BCUT2D eigenvalue weighted by atomic mass is 16.2. The van der Waals surface area contributed by atoms with Crippen LogP contribution in [0.3, 0.4) is 0 Å². The zero-order valence-electron chi connectivity index (χ0n) is 13.8. The molecule has 0 saturated heterocycles. The van der Waals surface area contributed by atoms with Gasteiger partial charge in [0.05, 0.1) is 0 Å². The van der Waals surface area contributed by atoms with Crippen molar-refractivity contribution in [2.45, 2.75) is 54.0 Å². The summed E-state index contributed by atoms with van der Waals surface area (Å²) in [6.07, 6.45) is 0.834. The predicted octanol–water partition coefficient (Wildman–Crippen LogP) is 3.18. The molecule has 0 aliphatic carbocycles. The van der Waals surface area contributed by atoms with E-state index in [1.807, 2.05) is 45.9 Å². The predicted molar refractivity (Wildman–Crippen MR) is 86.2 cm³/mol. The Labute approximate surface area is 127 Å². The van der Waals surface area contributed by atoms with Gasteiger partial charge in [-0.2, -0.15) is 0 Å². The normalized spacial score (nSPS) is 12.7. The van der Waals surface area contributed by atoms with Crippen molar-refractivity contribution < 1.29 is 9.59 Å². The van der Waals surface area contributed by atoms with Gasteiger partial charge < -0.3 is 10.6 Å². The van der Waals surface area contributed by atoms with E-state index in [1.54, 1.807) is 13.8 Å². The van der Waals surface area contributed by atoms with E-state index in [9.17, 15) is 9.59 Å². The molecule has 4 heteroatoms. The second kappa shape index (κ2) is 6.74. The van der Waals surface area contributed by atoms with Crippen LogP contribution < -0.4 is 10.6 Å². The van der Waals surface area contributed by atoms with Crippen molar-refractivity contribution in [3.05, 3.63) is 29.3 Å². The number of amides is 2. The highest BCUT2D eigenvalue weighted by molar-refractivity contribution is 6.10. The molecule has 21 heavy (non-hydrogen) atoms. The molecule has 0 aromatic heterocycles. The maximum Gasteiger partial charge on any atom is 0.239 e. The van der Waals surface area contributed by atoms with Gasteiger partial charge >= 0.3 is 0 Å². The fourth-order valence-electron chi connectivity index (χ4n) is 1.89. The second-order valence-corrected chi connectivity index (χ2v) is 6.13. The van der Waals surface area contributed by atoms with Gasteiger partial charge in [-0.15, -0.1) is 0 Å². The maximum absolute atomic E-state index is 12.5. The highest BCUT2D eigenvalue weighted by Gasteiger charge is 2.36. The molecule has 1 aromatic rings. The maximum atomic E-state index is 12.5. The number of nitrogens with one attached hydrogen (secondary N) is 2. The van der Waals surface area contributed by atoms with Crippen LogP contribution >= 0.6 is 0 Å². The lowest BCUT2D eigenvalue weighted by molar-refractivity contribution is -0.138. The standard InChI is InChI=1S/C17H26N2O2/c1-7-13(4)18-15(20)17(5,6)16(21)19-14-11(2)9-8-10-12(14)3/h8-10,13H,7H2,1-6H3,(H,18,20)(H,19,21). The fraction of sp³-hybridized carbons (Fsp3) is 0.529. The van der Waals surface area contributed by atoms with E-state index >= 15 is 0 Å². The van der Waals surface area contributed by atoms with E-state index in [0.717, 1.165) is 23.2 Å². The van der Waals surface area contributed by atoms with Gasteiger partial charge in [0.2, 0.25) is 11.8 Å². The first-order chi connectivity index (χ1) is 9.70. The van der Waals surface area contributed by atoms with Gasteiger partial charge in [-0.1, -0.05) is 25.1 Å². The summed E-state index contributed by atoms with van der Waals surface area (Å²) in [5, 5.41) is 5.76.